The monoisotopic (exact) mass is 460 g/mol. The van der Waals surface area contributed by atoms with Gasteiger partial charge >= 0.3 is 0 Å². The van der Waals surface area contributed by atoms with E-state index >= 15 is 0 Å². The Morgan fingerprint density at radius 1 is 1.00 bits per heavy atom. The Labute approximate surface area is 196 Å². The summed E-state index contributed by atoms with van der Waals surface area (Å²) in [5.74, 6) is -0.215. The van der Waals surface area contributed by atoms with Gasteiger partial charge in [-0.3, -0.25) is 9.78 Å². The van der Waals surface area contributed by atoms with Gasteiger partial charge in [-0.05, 0) is 71.5 Å². The fourth-order valence-corrected chi connectivity index (χ4v) is 4.05. The number of aromatic nitrogens is 1. The number of aliphatic hydroxyl groups is 1. The van der Waals surface area contributed by atoms with Gasteiger partial charge in [-0.15, -0.1) is 11.8 Å². The van der Waals surface area contributed by atoms with Crippen LogP contribution in [0.25, 0.3) is 22.4 Å². The van der Waals surface area contributed by atoms with E-state index in [4.69, 9.17) is 11.6 Å². The Hall–Kier alpha value is -3.12. The van der Waals surface area contributed by atoms with Crippen molar-refractivity contribution < 1.29 is 9.90 Å². The lowest BCUT2D eigenvalue weighted by molar-refractivity contribution is 0.102. The Bertz CT molecular complexity index is 1240. The van der Waals surface area contributed by atoms with E-state index in [1.54, 1.807) is 30.1 Å². The lowest BCUT2D eigenvalue weighted by Crippen LogP contribution is -2.13. The maximum Gasteiger partial charge on any atom is 0.256 e. The van der Waals surface area contributed by atoms with E-state index in [9.17, 15) is 9.90 Å². The van der Waals surface area contributed by atoms with Crippen molar-refractivity contribution >= 4 is 35.0 Å². The fourth-order valence-electron chi connectivity index (χ4n) is 3.40. The standard InChI is InChI=1S/C26H21ClN2O2S/c1-32-20-10-11-21(22(15-20)18-7-5-17(16-30)6-8-18)26(31)29-19-9-12-24(27)23(14-19)25-4-2-3-13-28-25/h2-15,30H,16H2,1H3,(H,29,31). The third-order valence-electron chi connectivity index (χ3n) is 5.08. The average molecular weight is 461 g/mol. The number of aliphatic hydroxyl groups excluding tert-OH is 1. The molecule has 1 aromatic heterocycles. The van der Waals surface area contributed by atoms with Gasteiger partial charge in [0.1, 0.15) is 0 Å². The minimum absolute atomic E-state index is 0.0202. The first kappa shape index (κ1) is 22.1. The normalized spacial score (nSPS) is 10.7. The molecule has 6 heteroatoms. The number of hydrogen-bond acceptors (Lipinski definition) is 4. The molecule has 4 nitrogen and oxygen atoms in total. The van der Waals surface area contributed by atoms with Crippen LogP contribution in [-0.4, -0.2) is 22.3 Å². The number of carbonyl (C=O) groups excluding carboxylic acids is 1. The SMILES string of the molecule is CSc1ccc(C(=O)Nc2ccc(Cl)c(-c3ccccn3)c2)c(-c2ccc(CO)cc2)c1. The highest BCUT2D eigenvalue weighted by Crippen LogP contribution is 2.32. The molecule has 0 fully saturated rings. The van der Waals surface area contributed by atoms with Crippen molar-refractivity contribution in [1.29, 1.82) is 0 Å². The zero-order chi connectivity index (χ0) is 22.5. The summed E-state index contributed by atoms with van der Waals surface area (Å²) in [6, 6.07) is 24.3. The summed E-state index contributed by atoms with van der Waals surface area (Å²) < 4.78 is 0. The van der Waals surface area contributed by atoms with Crippen LogP contribution in [0.4, 0.5) is 5.69 Å². The van der Waals surface area contributed by atoms with Gasteiger partial charge < -0.3 is 10.4 Å². The molecule has 0 aliphatic heterocycles. The van der Waals surface area contributed by atoms with Gasteiger partial charge in [-0.25, -0.2) is 0 Å². The summed E-state index contributed by atoms with van der Waals surface area (Å²) in [6.45, 7) is -0.0202. The molecule has 1 heterocycles. The molecule has 0 aliphatic rings. The van der Waals surface area contributed by atoms with Crippen LogP contribution in [0.5, 0.6) is 0 Å². The summed E-state index contributed by atoms with van der Waals surface area (Å²) in [4.78, 5) is 18.7. The molecule has 0 radical (unpaired) electrons. The molecule has 0 unspecified atom stereocenters. The number of amides is 1. The van der Waals surface area contributed by atoms with Crippen molar-refractivity contribution in [3.63, 3.8) is 0 Å². The van der Waals surface area contributed by atoms with E-state index in [0.717, 1.165) is 32.8 Å². The van der Waals surface area contributed by atoms with Crippen LogP contribution in [0.2, 0.25) is 5.02 Å². The number of benzene rings is 3. The second-order valence-corrected chi connectivity index (χ2v) is 8.42. The van der Waals surface area contributed by atoms with Gasteiger partial charge in [0.2, 0.25) is 0 Å². The van der Waals surface area contributed by atoms with E-state index in [1.165, 1.54) is 0 Å². The number of hydrogen-bond donors (Lipinski definition) is 2. The van der Waals surface area contributed by atoms with Crippen LogP contribution < -0.4 is 5.32 Å². The molecule has 2 N–H and O–H groups in total. The van der Waals surface area contributed by atoms with Crippen LogP contribution >= 0.6 is 23.4 Å². The summed E-state index contributed by atoms with van der Waals surface area (Å²) in [5, 5.41) is 12.9. The molecular weight excluding hydrogens is 440 g/mol. The number of anilines is 1. The Kier molecular flexibility index (Phi) is 6.90. The first-order valence-corrected chi connectivity index (χ1v) is 11.6. The highest BCUT2D eigenvalue weighted by Gasteiger charge is 2.15. The van der Waals surface area contributed by atoms with E-state index in [1.807, 2.05) is 73.0 Å². The van der Waals surface area contributed by atoms with Gasteiger partial charge in [-0.2, -0.15) is 0 Å². The van der Waals surface area contributed by atoms with E-state index in [0.29, 0.717) is 16.3 Å². The van der Waals surface area contributed by atoms with E-state index in [-0.39, 0.29) is 12.5 Å². The third-order valence-corrected chi connectivity index (χ3v) is 6.14. The number of pyridine rings is 1. The lowest BCUT2D eigenvalue weighted by atomic mass is 9.98. The summed E-state index contributed by atoms with van der Waals surface area (Å²) >= 11 is 7.99. The van der Waals surface area contributed by atoms with E-state index < -0.39 is 0 Å². The Morgan fingerprint density at radius 2 is 1.81 bits per heavy atom. The molecule has 1 amide bonds. The van der Waals surface area contributed by atoms with Crippen LogP contribution in [0.15, 0.2) is 90.0 Å². The number of rotatable bonds is 6. The highest BCUT2D eigenvalue weighted by molar-refractivity contribution is 7.98. The highest BCUT2D eigenvalue weighted by atomic mass is 35.5. The molecule has 4 aromatic rings. The zero-order valence-electron chi connectivity index (χ0n) is 17.4. The molecule has 0 saturated carbocycles. The van der Waals surface area contributed by atoms with Crippen LogP contribution in [0.1, 0.15) is 15.9 Å². The minimum atomic E-state index is -0.215. The average Bonchev–Trinajstić information content (AvgIpc) is 2.85. The Morgan fingerprint density at radius 3 is 2.50 bits per heavy atom. The fraction of sp³-hybridized carbons (Fsp3) is 0.0769. The smallest absolute Gasteiger partial charge is 0.256 e. The van der Waals surface area contributed by atoms with Gasteiger partial charge in [-0.1, -0.05) is 41.9 Å². The first-order valence-electron chi connectivity index (χ1n) is 9.99. The van der Waals surface area contributed by atoms with Gasteiger partial charge in [0.15, 0.2) is 0 Å². The molecule has 0 aliphatic carbocycles. The molecule has 0 spiro atoms. The third kappa shape index (κ3) is 4.86. The number of thioether (sulfide) groups is 1. The predicted octanol–water partition coefficient (Wildman–Crippen LogP) is 6.54. The Balaban J connectivity index is 1.68. The van der Waals surface area contributed by atoms with Gasteiger partial charge in [0.25, 0.3) is 5.91 Å². The predicted molar refractivity (Wildman–Crippen MR) is 132 cm³/mol. The lowest BCUT2D eigenvalue weighted by Gasteiger charge is -2.13. The number of nitrogens with one attached hydrogen (secondary N) is 1. The first-order chi connectivity index (χ1) is 15.6. The number of nitrogens with zero attached hydrogens (tertiary/aromatic N) is 1. The van der Waals surface area contributed by atoms with Crippen molar-refractivity contribution in [2.24, 2.45) is 0 Å². The molecule has 0 saturated heterocycles. The molecular formula is C26H21ClN2O2S. The number of carbonyl (C=O) groups is 1. The van der Waals surface area contributed by atoms with Gasteiger partial charge in [0.05, 0.1) is 17.3 Å². The quantitative estimate of drug-likeness (QED) is 0.321. The molecule has 160 valence electrons. The molecule has 3 aromatic carbocycles. The van der Waals surface area contributed by atoms with Crippen LogP contribution in [-0.2, 0) is 6.61 Å². The topological polar surface area (TPSA) is 62.2 Å². The largest absolute Gasteiger partial charge is 0.392 e. The summed E-state index contributed by atoms with van der Waals surface area (Å²) in [7, 11) is 0. The second-order valence-electron chi connectivity index (χ2n) is 7.13. The van der Waals surface area contributed by atoms with Crippen molar-refractivity contribution in [3.05, 3.63) is 101 Å². The van der Waals surface area contributed by atoms with Crippen LogP contribution in [0, 0.1) is 0 Å². The van der Waals surface area contributed by atoms with Crippen LogP contribution in [0.3, 0.4) is 0 Å². The summed E-state index contributed by atoms with van der Waals surface area (Å²) in [5.41, 5.74) is 5.25. The minimum Gasteiger partial charge on any atom is -0.392 e. The van der Waals surface area contributed by atoms with E-state index in [2.05, 4.69) is 10.3 Å². The molecule has 0 bridgehead atoms. The molecule has 0 atom stereocenters. The second kappa shape index (κ2) is 10.0. The van der Waals surface area contributed by atoms with Crippen molar-refractivity contribution in [3.8, 4) is 22.4 Å². The van der Waals surface area contributed by atoms with Crippen molar-refractivity contribution in [1.82, 2.24) is 4.98 Å². The number of halogens is 1. The van der Waals surface area contributed by atoms with Crippen molar-refractivity contribution in [2.75, 3.05) is 11.6 Å². The molecule has 4 rings (SSSR count). The maximum absolute atomic E-state index is 13.3. The zero-order valence-corrected chi connectivity index (χ0v) is 19.0. The van der Waals surface area contributed by atoms with Crippen molar-refractivity contribution in [2.45, 2.75) is 11.5 Å². The maximum atomic E-state index is 13.3. The van der Waals surface area contributed by atoms with Gasteiger partial charge in [0, 0.05) is 27.9 Å². The summed E-state index contributed by atoms with van der Waals surface area (Å²) in [6.07, 6.45) is 3.71. The molecule has 32 heavy (non-hydrogen) atoms.